The molecule has 174 valence electrons. The minimum Gasteiger partial charge on any atom is -0.348 e. The molecule has 7 heteroatoms. The summed E-state index contributed by atoms with van der Waals surface area (Å²) in [4.78, 5) is 13.3. The summed E-state index contributed by atoms with van der Waals surface area (Å²) in [6, 6.07) is 22.6. The summed E-state index contributed by atoms with van der Waals surface area (Å²) >= 11 is 6.29. The Hall–Kier alpha value is -2.83. The number of benzene rings is 3. The van der Waals surface area contributed by atoms with E-state index < -0.39 is 10.0 Å². The average molecular weight is 485 g/mol. The topological polar surface area (TPSA) is 66.5 Å². The van der Waals surface area contributed by atoms with Crippen molar-refractivity contribution >= 4 is 33.2 Å². The van der Waals surface area contributed by atoms with Crippen LogP contribution >= 0.6 is 11.6 Å². The lowest BCUT2D eigenvalue weighted by molar-refractivity contribution is -0.120. The summed E-state index contributed by atoms with van der Waals surface area (Å²) in [5, 5.41) is 3.47. The van der Waals surface area contributed by atoms with Gasteiger partial charge in [0.25, 0.3) is 10.0 Å². The number of hydrogen-bond donors (Lipinski definition) is 1. The van der Waals surface area contributed by atoms with E-state index in [0.717, 1.165) is 21.9 Å². The highest BCUT2D eigenvalue weighted by atomic mass is 35.5. The molecular weight excluding hydrogens is 456 g/mol. The van der Waals surface area contributed by atoms with E-state index in [2.05, 4.69) is 19.2 Å². The highest BCUT2D eigenvalue weighted by molar-refractivity contribution is 7.92. The number of aryl methyl sites for hydroxylation is 1. The number of sulfonamides is 1. The summed E-state index contributed by atoms with van der Waals surface area (Å²) in [5.41, 5.74) is 2.14. The zero-order valence-corrected chi connectivity index (χ0v) is 20.6. The molecule has 1 atom stereocenters. The van der Waals surface area contributed by atoms with E-state index in [0.29, 0.717) is 16.6 Å². The number of anilines is 1. The van der Waals surface area contributed by atoms with Gasteiger partial charge in [-0.2, -0.15) is 0 Å². The summed E-state index contributed by atoms with van der Waals surface area (Å²) < 4.78 is 28.1. The van der Waals surface area contributed by atoms with Crippen LogP contribution in [0.15, 0.2) is 83.8 Å². The van der Waals surface area contributed by atoms with Crippen LogP contribution in [-0.2, 0) is 14.8 Å². The Bertz CT molecular complexity index is 1180. The van der Waals surface area contributed by atoms with E-state index >= 15 is 0 Å². The Kier molecular flexibility index (Phi) is 8.16. The van der Waals surface area contributed by atoms with Gasteiger partial charge >= 0.3 is 0 Å². The molecule has 3 rings (SSSR count). The van der Waals surface area contributed by atoms with Crippen molar-refractivity contribution in [1.29, 1.82) is 0 Å². The molecule has 0 aromatic heterocycles. The molecule has 0 saturated carbocycles. The van der Waals surface area contributed by atoms with Crippen LogP contribution in [-0.4, -0.2) is 20.9 Å². The lowest BCUT2D eigenvalue weighted by Crippen LogP contribution is -2.42. The van der Waals surface area contributed by atoms with E-state index in [1.165, 1.54) is 12.1 Å². The van der Waals surface area contributed by atoms with E-state index in [1.54, 1.807) is 36.4 Å². The summed E-state index contributed by atoms with van der Waals surface area (Å²) in [7, 11) is -3.99. The molecule has 0 fully saturated rings. The zero-order valence-electron chi connectivity index (χ0n) is 19.0. The van der Waals surface area contributed by atoms with Gasteiger partial charge in [0.2, 0.25) is 5.91 Å². The number of halogens is 1. The van der Waals surface area contributed by atoms with Crippen LogP contribution in [0.3, 0.4) is 0 Å². The Morgan fingerprint density at radius 3 is 2.15 bits per heavy atom. The molecule has 1 amide bonds. The first kappa shape index (κ1) is 24.8. The monoisotopic (exact) mass is 484 g/mol. The predicted molar refractivity (Wildman–Crippen MR) is 134 cm³/mol. The molecule has 0 saturated heterocycles. The van der Waals surface area contributed by atoms with E-state index in [-0.39, 0.29) is 23.4 Å². The molecule has 1 N–H and O–H groups in total. The fraction of sp³-hybridized carbons (Fsp3) is 0.269. The Morgan fingerprint density at radius 1 is 0.970 bits per heavy atom. The second kappa shape index (κ2) is 10.9. The summed E-state index contributed by atoms with van der Waals surface area (Å²) in [5.74, 6) is -0.0451. The van der Waals surface area contributed by atoms with Crippen molar-refractivity contribution in [3.63, 3.8) is 0 Å². The van der Waals surface area contributed by atoms with Gasteiger partial charge in [-0.25, -0.2) is 8.42 Å². The minimum atomic E-state index is -3.99. The van der Waals surface area contributed by atoms with Crippen molar-refractivity contribution < 1.29 is 13.2 Å². The second-order valence-electron chi connectivity index (χ2n) is 8.42. The number of carbonyl (C=O) groups is 1. The van der Waals surface area contributed by atoms with Gasteiger partial charge in [0.05, 0.1) is 16.6 Å². The van der Waals surface area contributed by atoms with Crippen LogP contribution < -0.4 is 9.62 Å². The quantitative estimate of drug-likeness (QED) is 0.420. The zero-order chi connectivity index (χ0) is 24.0. The van der Waals surface area contributed by atoms with Gasteiger partial charge in [-0.05, 0) is 54.7 Å². The third-order valence-corrected chi connectivity index (χ3v) is 7.50. The van der Waals surface area contributed by atoms with Crippen molar-refractivity contribution in [1.82, 2.24) is 5.32 Å². The number of amides is 1. The average Bonchev–Trinajstić information content (AvgIpc) is 2.80. The maximum absolute atomic E-state index is 13.5. The molecule has 33 heavy (non-hydrogen) atoms. The number of nitrogens with one attached hydrogen (secondary N) is 1. The SMILES string of the molecule is Cc1ccc(N(CC(=O)NC(CC(C)C)c2ccccc2)S(=O)(=O)c2ccccc2)cc1Cl. The first-order valence-electron chi connectivity index (χ1n) is 10.9. The van der Waals surface area contributed by atoms with Crippen molar-refractivity contribution in [2.45, 2.75) is 38.1 Å². The molecule has 0 aliphatic heterocycles. The third-order valence-electron chi connectivity index (χ3n) is 5.31. The Labute approximate surface area is 201 Å². The van der Waals surface area contributed by atoms with Gasteiger partial charge in [-0.15, -0.1) is 0 Å². The standard InChI is InChI=1S/C26H29ClN2O3S/c1-19(2)16-25(21-10-6-4-7-11-21)28-26(30)18-29(22-15-14-20(3)24(27)17-22)33(31,32)23-12-8-5-9-13-23/h4-15,17,19,25H,16,18H2,1-3H3,(H,28,30). The van der Waals surface area contributed by atoms with Crippen molar-refractivity contribution in [3.8, 4) is 0 Å². The Balaban J connectivity index is 1.94. The first-order valence-corrected chi connectivity index (χ1v) is 12.7. The lowest BCUT2D eigenvalue weighted by atomic mass is 9.97. The maximum atomic E-state index is 13.5. The number of rotatable bonds is 9. The Morgan fingerprint density at radius 2 is 1.58 bits per heavy atom. The normalized spacial score (nSPS) is 12.4. The van der Waals surface area contributed by atoms with Crippen molar-refractivity contribution in [3.05, 3.63) is 95.0 Å². The molecule has 0 spiro atoms. The fourth-order valence-corrected chi connectivity index (χ4v) is 5.19. The van der Waals surface area contributed by atoms with Crippen LogP contribution in [0, 0.1) is 12.8 Å². The number of hydrogen-bond acceptors (Lipinski definition) is 3. The molecule has 3 aromatic rings. The van der Waals surface area contributed by atoms with E-state index in [9.17, 15) is 13.2 Å². The third kappa shape index (κ3) is 6.36. The van der Waals surface area contributed by atoms with Gasteiger partial charge in [-0.3, -0.25) is 9.10 Å². The fourth-order valence-electron chi connectivity index (χ4n) is 3.58. The number of carbonyl (C=O) groups excluding carboxylic acids is 1. The smallest absolute Gasteiger partial charge is 0.264 e. The van der Waals surface area contributed by atoms with Gasteiger partial charge in [0.15, 0.2) is 0 Å². The minimum absolute atomic E-state index is 0.108. The molecule has 0 aliphatic rings. The molecule has 3 aromatic carbocycles. The molecule has 0 radical (unpaired) electrons. The van der Waals surface area contributed by atoms with E-state index in [1.807, 2.05) is 37.3 Å². The highest BCUT2D eigenvalue weighted by Crippen LogP contribution is 2.28. The molecule has 0 aliphatic carbocycles. The number of nitrogens with zero attached hydrogens (tertiary/aromatic N) is 1. The van der Waals surface area contributed by atoms with Gasteiger partial charge in [0.1, 0.15) is 6.54 Å². The van der Waals surface area contributed by atoms with E-state index in [4.69, 9.17) is 11.6 Å². The van der Waals surface area contributed by atoms with Crippen molar-refractivity contribution in [2.24, 2.45) is 5.92 Å². The molecule has 0 heterocycles. The van der Waals surface area contributed by atoms with Crippen LogP contribution in [0.2, 0.25) is 5.02 Å². The summed E-state index contributed by atoms with van der Waals surface area (Å²) in [6.07, 6.45) is 0.734. The summed E-state index contributed by atoms with van der Waals surface area (Å²) in [6.45, 7) is 5.65. The lowest BCUT2D eigenvalue weighted by Gasteiger charge is -2.27. The highest BCUT2D eigenvalue weighted by Gasteiger charge is 2.28. The maximum Gasteiger partial charge on any atom is 0.264 e. The first-order chi connectivity index (χ1) is 15.7. The largest absolute Gasteiger partial charge is 0.348 e. The molecule has 1 unspecified atom stereocenters. The van der Waals surface area contributed by atoms with Crippen LogP contribution in [0.25, 0.3) is 0 Å². The second-order valence-corrected chi connectivity index (χ2v) is 10.7. The molecule has 5 nitrogen and oxygen atoms in total. The van der Waals surface area contributed by atoms with Crippen LogP contribution in [0.4, 0.5) is 5.69 Å². The molecular formula is C26H29ClN2O3S. The van der Waals surface area contributed by atoms with Gasteiger partial charge in [0, 0.05) is 5.02 Å². The molecule has 0 bridgehead atoms. The van der Waals surface area contributed by atoms with Crippen LogP contribution in [0.1, 0.15) is 37.4 Å². The van der Waals surface area contributed by atoms with Crippen molar-refractivity contribution in [2.75, 3.05) is 10.8 Å². The van der Waals surface area contributed by atoms with Crippen LogP contribution in [0.5, 0.6) is 0 Å². The van der Waals surface area contributed by atoms with Gasteiger partial charge in [-0.1, -0.05) is 80.0 Å². The predicted octanol–water partition coefficient (Wildman–Crippen LogP) is 5.75. The van der Waals surface area contributed by atoms with Gasteiger partial charge < -0.3 is 5.32 Å².